The van der Waals surface area contributed by atoms with Crippen molar-refractivity contribution >= 4 is 17.5 Å². The highest BCUT2D eigenvalue weighted by Gasteiger charge is 2.42. The van der Waals surface area contributed by atoms with E-state index in [1.807, 2.05) is 0 Å². The van der Waals surface area contributed by atoms with Crippen LogP contribution in [0.4, 0.5) is 0 Å². The Hall–Kier alpha value is -1.26. The van der Waals surface area contributed by atoms with Gasteiger partial charge in [-0.3, -0.25) is 4.79 Å². The number of halogens is 1. The van der Waals surface area contributed by atoms with E-state index in [-0.39, 0.29) is 29.2 Å². The molecule has 3 N–H and O–H groups in total. The predicted octanol–water partition coefficient (Wildman–Crippen LogP) is 1.55. The summed E-state index contributed by atoms with van der Waals surface area (Å²) in [5.41, 5.74) is 0.110. The summed E-state index contributed by atoms with van der Waals surface area (Å²) in [6, 6.07) is 4.23. The van der Waals surface area contributed by atoms with E-state index in [2.05, 4.69) is 5.32 Å². The van der Waals surface area contributed by atoms with Crippen LogP contribution in [0.1, 0.15) is 23.2 Å². The number of amides is 1. The summed E-state index contributed by atoms with van der Waals surface area (Å²) in [7, 11) is 0. The Morgan fingerprint density at radius 1 is 1.47 bits per heavy atom. The minimum Gasteiger partial charge on any atom is -0.508 e. The Labute approximate surface area is 104 Å². The van der Waals surface area contributed by atoms with Gasteiger partial charge in [-0.1, -0.05) is 11.6 Å². The molecule has 0 unspecified atom stereocenters. The number of benzene rings is 1. The van der Waals surface area contributed by atoms with Gasteiger partial charge in [0.05, 0.1) is 17.2 Å². The standard InChI is InChI=1S/C12H14ClNO3/c13-10-2-1-8(16)5-9(10)11(17)14-6-12(7-15)3-4-12/h1-2,5,15-16H,3-4,6-7H2,(H,14,17). The minimum absolute atomic E-state index is 0.00263. The topological polar surface area (TPSA) is 69.6 Å². The SMILES string of the molecule is O=C(NCC1(CO)CC1)c1cc(O)ccc1Cl. The van der Waals surface area contributed by atoms with E-state index >= 15 is 0 Å². The molecule has 0 aliphatic heterocycles. The van der Waals surface area contributed by atoms with Crippen LogP contribution in [0.2, 0.25) is 5.02 Å². The third kappa shape index (κ3) is 2.70. The lowest BCUT2D eigenvalue weighted by Gasteiger charge is -2.13. The number of carbonyl (C=O) groups excluding carboxylic acids is 1. The molecule has 2 rings (SSSR count). The van der Waals surface area contributed by atoms with Gasteiger partial charge in [-0.2, -0.15) is 0 Å². The van der Waals surface area contributed by atoms with Crippen LogP contribution in [0.25, 0.3) is 0 Å². The fraction of sp³-hybridized carbons (Fsp3) is 0.417. The largest absolute Gasteiger partial charge is 0.508 e. The number of hydrogen-bond acceptors (Lipinski definition) is 3. The van der Waals surface area contributed by atoms with Gasteiger partial charge in [0.2, 0.25) is 0 Å². The number of aromatic hydroxyl groups is 1. The first kappa shape index (κ1) is 12.2. The smallest absolute Gasteiger partial charge is 0.252 e. The summed E-state index contributed by atoms with van der Waals surface area (Å²) in [6.07, 6.45) is 1.86. The molecule has 4 nitrogen and oxygen atoms in total. The van der Waals surface area contributed by atoms with Crippen LogP contribution < -0.4 is 5.32 Å². The molecule has 1 fully saturated rings. The molecule has 0 radical (unpaired) electrons. The molecule has 0 atom stereocenters. The zero-order valence-electron chi connectivity index (χ0n) is 9.24. The van der Waals surface area contributed by atoms with Crippen LogP contribution in [0, 0.1) is 5.41 Å². The molecule has 1 aromatic carbocycles. The molecule has 0 bridgehead atoms. The van der Waals surface area contributed by atoms with Gasteiger partial charge in [0.15, 0.2) is 0 Å². The molecule has 17 heavy (non-hydrogen) atoms. The van der Waals surface area contributed by atoms with Gasteiger partial charge in [-0.25, -0.2) is 0 Å². The number of rotatable bonds is 4. The fourth-order valence-corrected chi connectivity index (χ4v) is 1.82. The first-order valence-electron chi connectivity index (χ1n) is 5.44. The molecule has 1 saturated carbocycles. The van der Waals surface area contributed by atoms with Gasteiger partial charge in [-0.05, 0) is 31.0 Å². The van der Waals surface area contributed by atoms with Crippen molar-refractivity contribution in [3.63, 3.8) is 0 Å². The van der Waals surface area contributed by atoms with E-state index in [0.717, 1.165) is 12.8 Å². The van der Waals surface area contributed by atoms with E-state index in [1.165, 1.54) is 18.2 Å². The quantitative estimate of drug-likeness (QED) is 0.765. The third-order valence-corrected chi connectivity index (χ3v) is 3.44. The number of aliphatic hydroxyl groups excluding tert-OH is 1. The lowest BCUT2D eigenvalue weighted by Crippen LogP contribution is -2.32. The summed E-state index contributed by atoms with van der Waals surface area (Å²) in [5, 5.41) is 21.4. The Bertz CT molecular complexity index is 443. The number of aliphatic hydroxyl groups is 1. The molecule has 0 spiro atoms. The summed E-state index contributed by atoms with van der Waals surface area (Å²) < 4.78 is 0. The minimum atomic E-state index is -0.328. The van der Waals surface area contributed by atoms with Crippen molar-refractivity contribution in [1.82, 2.24) is 5.32 Å². The number of carbonyl (C=O) groups is 1. The Balaban J connectivity index is 2.02. The molecule has 1 aromatic rings. The predicted molar refractivity (Wildman–Crippen MR) is 64.2 cm³/mol. The van der Waals surface area contributed by atoms with Crippen molar-refractivity contribution in [2.75, 3.05) is 13.2 Å². The van der Waals surface area contributed by atoms with Crippen molar-refractivity contribution in [3.05, 3.63) is 28.8 Å². The molecule has 0 aromatic heterocycles. The maximum Gasteiger partial charge on any atom is 0.252 e. The van der Waals surface area contributed by atoms with Gasteiger partial charge in [0.1, 0.15) is 5.75 Å². The second-order valence-electron chi connectivity index (χ2n) is 4.50. The van der Waals surface area contributed by atoms with Gasteiger partial charge in [0, 0.05) is 12.0 Å². The molecule has 0 heterocycles. The van der Waals surface area contributed by atoms with Gasteiger partial charge >= 0.3 is 0 Å². The summed E-state index contributed by atoms with van der Waals surface area (Å²) >= 11 is 5.87. The zero-order valence-corrected chi connectivity index (χ0v) is 10.00. The van der Waals surface area contributed by atoms with Crippen LogP contribution in [0.15, 0.2) is 18.2 Å². The fourth-order valence-electron chi connectivity index (χ4n) is 1.62. The lowest BCUT2D eigenvalue weighted by molar-refractivity contribution is 0.0935. The summed E-state index contributed by atoms with van der Waals surface area (Å²) in [5.74, 6) is -0.325. The van der Waals surface area contributed by atoms with Gasteiger partial charge < -0.3 is 15.5 Å². The number of nitrogens with one attached hydrogen (secondary N) is 1. The number of phenolic OH excluding ortho intramolecular Hbond substituents is 1. The molecule has 1 amide bonds. The summed E-state index contributed by atoms with van der Waals surface area (Å²) in [6.45, 7) is 0.523. The summed E-state index contributed by atoms with van der Waals surface area (Å²) in [4.78, 5) is 11.8. The van der Waals surface area contributed by atoms with E-state index in [4.69, 9.17) is 16.7 Å². The van der Waals surface area contributed by atoms with Crippen molar-refractivity contribution in [2.45, 2.75) is 12.8 Å². The molecule has 0 saturated heterocycles. The third-order valence-electron chi connectivity index (χ3n) is 3.11. The molecule has 92 valence electrons. The van der Waals surface area contributed by atoms with Crippen molar-refractivity contribution in [1.29, 1.82) is 0 Å². The van der Waals surface area contributed by atoms with E-state index in [0.29, 0.717) is 11.6 Å². The average molecular weight is 256 g/mol. The van der Waals surface area contributed by atoms with Crippen LogP contribution in [-0.2, 0) is 0 Å². The lowest BCUT2D eigenvalue weighted by atomic mass is 10.1. The number of hydrogen-bond donors (Lipinski definition) is 3. The van der Waals surface area contributed by atoms with Crippen LogP contribution in [0.3, 0.4) is 0 Å². The highest BCUT2D eigenvalue weighted by atomic mass is 35.5. The monoisotopic (exact) mass is 255 g/mol. The zero-order chi connectivity index (χ0) is 12.5. The molecule has 5 heteroatoms. The van der Waals surface area contributed by atoms with Crippen LogP contribution in [-0.4, -0.2) is 29.3 Å². The average Bonchev–Trinajstić information content (AvgIpc) is 3.10. The van der Waals surface area contributed by atoms with Gasteiger partial charge in [0.25, 0.3) is 5.91 Å². The second kappa shape index (κ2) is 4.55. The van der Waals surface area contributed by atoms with E-state index in [1.54, 1.807) is 0 Å². The van der Waals surface area contributed by atoms with Crippen molar-refractivity contribution < 1.29 is 15.0 Å². The number of phenols is 1. The van der Waals surface area contributed by atoms with Crippen LogP contribution in [0.5, 0.6) is 5.75 Å². The normalized spacial score (nSPS) is 16.6. The van der Waals surface area contributed by atoms with E-state index < -0.39 is 0 Å². The first-order chi connectivity index (χ1) is 8.06. The van der Waals surface area contributed by atoms with Crippen molar-refractivity contribution in [3.8, 4) is 5.75 Å². The Morgan fingerprint density at radius 3 is 2.76 bits per heavy atom. The highest BCUT2D eigenvalue weighted by Crippen LogP contribution is 2.44. The molecular weight excluding hydrogens is 242 g/mol. The van der Waals surface area contributed by atoms with Gasteiger partial charge in [-0.15, -0.1) is 0 Å². The maximum atomic E-state index is 11.8. The molecule has 1 aliphatic rings. The highest BCUT2D eigenvalue weighted by molar-refractivity contribution is 6.33. The van der Waals surface area contributed by atoms with E-state index in [9.17, 15) is 9.90 Å². The Kier molecular flexibility index (Phi) is 3.26. The van der Waals surface area contributed by atoms with Crippen LogP contribution >= 0.6 is 11.6 Å². The first-order valence-corrected chi connectivity index (χ1v) is 5.82. The Morgan fingerprint density at radius 2 is 2.18 bits per heavy atom. The molecule has 1 aliphatic carbocycles. The van der Waals surface area contributed by atoms with Crippen molar-refractivity contribution in [2.24, 2.45) is 5.41 Å². The maximum absolute atomic E-state index is 11.8. The molecular formula is C12H14ClNO3. The second-order valence-corrected chi connectivity index (χ2v) is 4.91.